The zero-order chi connectivity index (χ0) is 27.2. The Bertz CT molecular complexity index is 1200. The first kappa shape index (κ1) is 28.2. The van der Waals surface area contributed by atoms with Gasteiger partial charge in [-0.3, -0.25) is 13.9 Å². The van der Waals surface area contributed by atoms with E-state index in [1.165, 1.54) is 42.2 Å². The fraction of sp³-hybridized carbons (Fsp3) is 0.462. The minimum Gasteiger partial charge on any atom is -0.486 e. The number of amides is 2. The van der Waals surface area contributed by atoms with Crippen molar-refractivity contribution in [1.29, 1.82) is 0 Å². The van der Waals surface area contributed by atoms with E-state index < -0.39 is 34.3 Å². The van der Waals surface area contributed by atoms with Gasteiger partial charge in [0.15, 0.2) is 11.5 Å². The summed E-state index contributed by atoms with van der Waals surface area (Å²) in [6.45, 7) is 7.58. The van der Waals surface area contributed by atoms with Crippen LogP contribution in [0, 0.1) is 11.7 Å². The van der Waals surface area contributed by atoms with Crippen LogP contribution in [0.2, 0.25) is 0 Å². The van der Waals surface area contributed by atoms with Crippen LogP contribution in [0.3, 0.4) is 0 Å². The van der Waals surface area contributed by atoms with Crippen molar-refractivity contribution in [2.24, 2.45) is 5.92 Å². The highest BCUT2D eigenvalue weighted by Crippen LogP contribution is 2.35. The lowest BCUT2D eigenvalue weighted by Gasteiger charge is -2.32. The molecule has 3 rings (SSSR count). The molecule has 0 aromatic heterocycles. The molecule has 2 amide bonds. The largest absolute Gasteiger partial charge is 0.486 e. The maximum Gasteiger partial charge on any atom is 0.244 e. The van der Waals surface area contributed by atoms with Gasteiger partial charge in [0.1, 0.15) is 31.6 Å². The lowest BCUT2D eigenvalue weighted by Crippen LogP contribution is -2.51. The molecule has 0 radical (unpaired) electrons. The molecular formula is C26H34FN3O6S. The quantitative estimate of drug-likeness (QED) is 0.474. The summed E-state index contributed by atoms with van der Waals surface area (Å²) in [5.74, 6) is -0.532. The first-order valence-electron chi connectivity index (χ1n) is 12.2. The normalized spacial score (nSPS) is 13.7. The van der Waals surface area contributed by atoms with E-state index in [4.69, 9.17) is 9.47 Å². The number of carbonyl (C=O) groups is 2. The van der Waals surface area contributed by atoms with E-state index in [1.54, 1.807) is 19.1 Å². The van der Waals surface area contributed by atoms with Gasteiger partial charge < -0.3 is 19.7 Å². The second-order valence-electron chi connectivity index (χ2n) is 9.20. The average molecular weight is 536 g/mol. The molecule has 0 saturated carbocycles. The summed E-state index contributed by atoms with van der Waals surface area (Å²) in [5, 5.41) is 2.82. The fourth-order valence-electron chi connectivity index (χ4n) is 3.73. The number of hydrogen-bond donors (Lipinski definition) is 1. The third kappa shape index (κ3) is 7.34. The molecule has 1 aliphatic heterocycles. The summed E-state index contributed by atoms with van der Waals surface area (Å²) in [7, 11) is -3.88. The van der Waals surface area contributed by atoms with Gasteiger partial charge in [0.2, 0.25) is 21.8 Å². The standard InChI is InChI=1S/C26H34FN3O6S/c1-5-37(33,34)30(22-10-11-23-24(14-22)36-13-12-35-23)17-25(31)29(16-20-6-8-21(27)9-7-20)19(4)26(32)28-15-18(2)3/h6-11,14,18-19H,5,12-13,15-17H2,1-4H3,(H,28,32)/t19-/m0/s1. The van der Waals surface area contributed by atoms with E-state index in [2.05, 4.69) is 5.32 Å². The molecule has 1 heterocycles. The minimum absolute atomic E-state index is 0.00344. The van der Waals surface area contributed by atoms with Crippen LogP contribution in [-0.4, -0.2) is 63.2 Å². The topological polar surface area (TPSA) is 105 Å². The number of hydrogen-bond acceptors (Lipinski definition) is 6. The van der Waals surface area contributed by atoms with Gasteiger partial charge in [-0.15, -0.1) is 0 Å². The van der Waals surface area contributed by atoms with Gasteiger partial charge in [-0.25, -0.2) is 12.8 Å². The van der Waals surface area contributed by atoms with Crippen LogP contribution in [0.15, 0.2) is 42.5 Å². The van der Waals surface area contributed by atoms with Gasteiger partial charge in [0, 0.05) is 19.2 Å². The lowest BCUT2D eigenvalue weighted by molar-refractivity contribution is -0.139. The van der Waals surface area contributed by atoms with Crippen LogP contribution in [0.4, 0.5) is 10.1 Å². The number of anilines is 1. The zero-order valence-corrected chi connectivity index (χ0v) is 22.4. The van der Waals surface area contributed by atoms with E-state index in [0.717, 1.165) is 4.31 Å². The highest BCUT2D eigenvalue weighted by atomic mass is 32.2. The molecule has 0 bridgehead atoms. The minimum atomic E-state index is -3.88. The Balaban J connectivity index is 1.92. The maximum atomic E-state index is 13.6. The third-order valence-electron chi connectivity index (χ3n) is 5.91. The van der Waals surface area contributed by atoms with E-state index >= 15 is 0 Å². The Morgan fingerprint density at radius 2 is 1.68 bits per heavy atom. The maximum absolute atomic E-state index is 13.6. The molecule has 0 saturated heterocycles. The Kier molecular flexibility index (Phi) is 9.36. The molecule has 2 aromatic carbocycles. The first-order valence-corrected chi connectivity index (χ1v) is 13.8. The van der Waals surface area contributed by atoms with Gasteiger partial charge in [0.25, 0.3) is 0 Å². The summed E-state index contributed by atoms with van der Waals surface area (Å²) in [6, 6.07) is 9.36. The molecule has 1 aliphatic rings. The van der Waals surface area contributed by atoms with Crippen LogP contribution in [0.25, 0.3) is 0 Å². The fourth-order valence-corrected chi connectivity index (χ4v) is 4.78. The molecule has 0 aliphatic carbocycles. The zero-order valence-electron chi connectivity index (χ0n) is 21.6. The Hall–Kier alpha value is -3.34. The molecule has 0 spiro atoms. The number of nitrogens with zero attached hydrogens (tertiary/aromatic N) is 2. The van der Waals surface area contributed by atoms with E-state index in [0.29, 0.717) is 36.8 Å². The number of fused-ring (bicyclic) bond motifs is 1. The lowest BCUT2D eigenvalue weighted by atomic mass is 10.1. The molecule has 1 atom stereocenters. The Morgan fingerprint density at radius 3 is 2.30 bits per heavy atom. The second-order valence-corrected chi connectivity index (χ2v) is 11.4. The van der Waals surface area contributed by atoms with Gasteiger partial charge in [0.05, 0.1) is 11.4 Å². The van der Waals surface area contributed by atoms with Crippen molar-refractivity contribution in [2.75, 3.05) is 36.4 Å². The summed E-state index contributed by atoms with van der Waals surface area (Å²) >= 11 is 0. The molecule has 37 heavy (non-hydrogen) atoms. The van der Waals surface area contributed by atoms with Crippen molar-refractivity contribution in [3.8, 4) is 11.5 Å². The number of rotatable bonds is 11. The number of carbonyl (C=O) groups excluding carboxylic acids is 2. The average Bonchev–Trinajstić information content (AvgIpc) is 2.89. The number of halogens is 1. The van der Waals surface area contributed by atoms with Gasteiger partial charge in [-0.05, 0) is 49.6 Å². The summed E-state index contributed by atoms with van der Waals surface area (Å²) < 4.78 is 51.7. The molecule has 0 unspecified atom stereocenters. The summed E-state index contributed by atoms with van der Waals surface area (Å²) in [5.41, 5.74) is 0.848. The third-order valence-corrected chi connectivity index (χ3v) is 7.65. The van der Waals surface area contributed by atoms with E-state index in [9.17, 15) is 22.4 Å². The molecule has 0 fully saturated rings. The van der Waals surface area contributed by atoms with Crippen LogP contribution >= 0.6 is 0 Å². The number of benzene rings is 2. The number of sulfonamides is 1. The molecule has 1 N–H and O–H groups in total. The summed E-state index contributed by atoms with van der Waals surface area (Å²) in [4.78, 5) is 27.8. The molecule has 2 aromatic rings. The predicted molar refractivity (Wildman–Crippen MR) is 138 cm³/mol. The molecule has 11 heteroatoms. The molecule has 9 nitrogen and oxygen atoms in total. The van der Waals surface area contributed by atoms with E-state index in [1.807, 2.05) is 13.8 Å². The van der Waals surface area contributed by atoms with Crippen LogP contribution in [-0.2, 0) is 26.2 Å². The highest BCUT2D eigenvalue weighted by molar-refractivity contribution is 7.92. The number of nitrogens with one attached hydrogen (secondary N) is 1. The Labute approximate surface area is 217 Å². The van der Waals surface area contributed by atoms with Crippen LogP contribution in [0.1, 0.15) is 33.3 Å². The second kappa shape index (κ2) is 12.3. The SMILES string of the molecule is CCS(=O)(=O)N(CC(=O)N(Cc1ccc(F)cc1)[C@@H](C)C(=O)NCC(C)C)c1ccc2c(c1)OCCO2. The number of ether oxygens (including phenoxy) is 2. The van der Waals surface area contributed by atoms with Crippen LogP contribution in [0.5, 0.6) is 11.5 Å². The van der Waals surface area contributed by atoms with Crippen molar-refractivity contribution in [1.82, 2.24) is 10.2 Å². The molecule has 202 valence electrons. The Morgan fingerprint density at radius 1 is 1.03 bits per heavy atom. The van der Waals surface area contributed by atoms with Crippen molar-refractivity contribution in [3.63, 3.8) is 0 Å². The smallest absolute Gasteiger partial charge is 0.244 e. The van der Waals surface area contributed by atoms with Crippen LogP contribution < -0.4 is 19.1 Å². The van der Waals surface area contributed by atoms with Gasteiger partial charge in [-0.2, -0.15) is 0 Å². The van der Waals surface area contributed by atoms with E-state index in [-0.39, 0.29) is 29.8 Å². The van der Waals surface area contributed by atoms with Gasteiger partial charge >= 0.3 is 0 Å². The summed E-state index contributed by atoms with van der Waals surface area (Å²) in [6.07, 6.45) is 0. The first-order chi connectivity index (χ1) is 17.5. The monoisotopic (exact) mass is 535 g/mol. The highest BCUT2D eigenvalue weighted by Gasteiger charge is 2.31. The van der Waals surface area contributed by atoms with Crippen molar-refractivity contribution < 1.29 is 31.9 Å². The van der Waals surface area contributed by atoms with Gasteiger partial charge in [-0.1, -0.05) is 26.0 Å². The van der Waals surface area contributed by atoms with Crippen molar-refractivity contribution in [3.05, 3.63) is 53.8 Å². The van der Waals surface area contributed by atoms with Crippen molar-refractivity contribution >= 4 is 27.5 Å². The molecular weight excluding hydrogens is 501 g/mol. The van der Waals surface area contributed by atoms with Crippen molar-refractivity contribution in [2.45, 2.75) is 40.3 Å². The predicted octanol–water partition coefficient (Wildman–Crippen LogP) is 2.94.